The first kappa shape index (κ1) is 22.3. The number of carbonyl (C=O) groups excluding carboxylic acids is 2. The lowest BCUT2D eigenvalue weighted by Crippen LogP contribution is -2.30. The third kappa shape index (κ3) is 5.11. The molecule has 0 saturated heterocycles. The van der Waals surface area contributed by atoms with Gasteiger partial charge in [-0.3, -0.25) is 14.6 Å². The van der Waals surface area contributed by atoms with Gasteiger partial charge in [0.25, 0.3) is 5.91 Å². The van der Waals surface area contributed by atoms with Crippen LogP contribution in [0.3, 0.4) is 0 Å². The second-order valence-electron chi connectivity index (χ2n) is 7.73. The van der Waals surface area contributed by atoms with Gasteiger partial charge < -0.3 is 5.32 Å². The summed E-state index contributed by atoms with van der Waals surface area (Å²) < 4.78 is 0. The molecule has 0 saturated carbocycles. The van der Waals surface area contributed by atoms with E-state index in [4.69, 9.17) is 11.6 Å². The maximum atomic E-state index is 12.7. The lowest BCUT2D eigenvalue weighted by Gasteiger charge is -2.09. The quantitative estimate of drug-likeness (QED) is 0.327. The monoisotopic (exact) mass is 452 g/mol. The molecular weight excluding hydrogens is 432 g/mol. The Labute approximate surface area is 197 Å². The number of hydrogen-bond acceptors (Lipinski definition) is 3. The molecule has 0 bridgehead atoms. The normalized spacial score (nSPS) is 10.4. The van der Waals surface area contributed by atoms with E-state index in [2.05, 4.69) is 22.1 Å². The van der Waals surface area contributed by atoms with Crippen LogP contribution in [0, 0.1) is 25.7 Å². The van der Waals surface area contributed by atoms with Crippen LogP contribution in [0.15, 0.2) is 72.9 Å². The molecule has 1 aromatic heterocycles. The summed E-state index contributed by atoms with van der Waals surface area (Å²) in [5, 5.41) is 4.09. The number of fused-ring (bicyclic) bond motifs is 1. The van der Waals surface area contributed by atoms with Crippen molar-refractivity contribution in [3.05, 3.63) is 111 Å². The number of nitrogens with one attached hydrogen (secondary N) is 1. The molecule has 0 atom stereocenters. The number of nitrogens with zero attached hydrogens (tertiary/aromatic N) is 1. The fourth-order valence-electron chi connectivity index (χ4n) is 3.51. The highest BCUT2D eigenvalue weighted by Gasteiger charge is 2.15. The smallest absolute Gasteiger partial charge is 0.251 e. The van der Waals surface area contributed by atoms with Gasteiger partial charge in [-0.2, -0.15) is 0 Å². The Bertz CT molecular complexity index is 1430. The van der Waals surface area contributed by atoms with E-state index in [0.717, 1.165) is 33.2 Å². The summed E-state index contributed by atoms with van der Waals surface area (Å²) in [5.74, 6) is 5.69. The fraction of sp³-hybridized carbons (Fsp3) is 0.107. The van der Waals surface area contributed by atoms with Crippen LogP contribution in [-0.2, 0) is 0 Å². The molecule has 1 N–H and O–H groups in total. The zero-order chi connectivity index (χ0) is 23.4. The minimum Gasteiger partial charge on any atom is -0.345 e. The van der Waals surface area contributed by atoms with Gasteiger partial charge >= 0.3 is 0 Å². The van der Waals surface area contributed by atoms with Crippen molar-refractivity contribution in [3.63, 3.8) is 0 Å². The molecule has 0 unspecified atom stereocenters. The minimum absolute atomic E-state index is 0.138. The molecule has 0 radical (unpaired) electrons. The zero-order valence-corrected chi connectivity index (χ0v) is 19.0. The van der Waals surface area contributed by atoms with Gasteiger partial charge in [-0.25, -0.2) is 0 Å². The second-order valence-corrected chi connectivity index (χ2v) is 8.14. The predicted octanol–water partition coefficient (Wildman–Crippen LogP) is 5.52. The van der Waals surface area contributed by atoms with E-state index < -0.39 is 0 Å². The number of benzene rings is 3. The van der Waals surface area contributed by atoms with Crippen LogP contribution in [0.4, 0.5) is 0 Å². The molecule has 1 amide bonds. The first-order valence-electron chi connectivity index (χ1n) is 10.5. The number of pyridine rings is 1. The van der Waals surface area contributed by atoms with Gasteiger partial charge in [-0.05, 0) is 55.3 Å². The molecule has 4 rings (SSSR count). The van der Waals surface area contributed by atoms with Crippen molar-refractivity contribution in [3.8, 4) is 11.8 Å². The van der Waals surface area contributed by atoms with Crippen molar-refractivity contribution < 1.29 is 9.59 Å². The highest BCUT2D eigenvalue weighted by atomic mass is 35.5. The van der Waals surface area contributed by atoms with Crippen molar-refractivity contribution in [2.75, 3.05) is 6.54 Å². The van der Waals surface area contributed by atoms with Crippen molar-refractivity contribution in [2.24, 2.45) is 0 Å². The first-order valence-corrected chi connectivity index (χ1v) is 10.8. The van der Waals surface area contributed by atoms with Crippen LogP contribution in [0.5, 0.6) is 0 Å². The predicted molar refractivity (Wildman–Crippen MR) is 132 cm³/mol. The molecule has 4 nitrogen and oxygen atoms in total. The summed E-state index contributed by atoms with van der Waals surface area (Å²) in [6.07, 6.45) is 1.74. The zero-order valence-electron chi connectivity index (χ0n) is 18.3. The standard InChI is InChI=1S/C28H21ClN2O2/c1-18-10-12-23(28(33)31-17-26(32)27-19(2)6-5-8-24(27)29)15-21(18)13-11-20-14-22-7-3-4-9-25(22)30-16-20/h3-10,12,14-16H,17H2,1-2H3,(H,31,33). The summed E-state index contributed by atoms with van der Waals surface area (Å²) in [6, 6.07) is 20.4. The number of Topliss-reactive ketones (excluding diaryl/α,β-unsaturated/α-hetero) is 1. The molecule has 3 aromatic carbocycles. The number of halogens is 1. The number of para-hydroxylation sites is 1. The maximum Gasteiger partial charge on any atom is 0.251 e. The molecule has 162 valence electrons. The molecular formula is C28H21ClN2O2. The number of aryl methyl sites for hydroxylation is 2. The van der Waals surface area contributed by atoms with E-state index >= 15 is 0 Å². The van der Waals surface area contributed by atoms with Gasteiger partial charge in [-0.1, -0.05) is 59.8 Å². The van der Waals surface area contributed by atoms with E-state index in [-0.39, 0.29) is 18.2 Å². The maximum absolute atomic E-state index is 12.7. The van der Waals surface area contributed by atoms with Crippen LogP contribution < -0.4 is 5.32 Å². The Morgan fingerprint density at radius 1 is 0.939 bits per heavy atom. The third-order valence-corrected chi connectivity index (χ3v) is 5.66. The van der Waals surface area contributed by atoms with Gasteiger partial charge in [0, 0.05) is 33.8 Å². The fourth-order valence-corrected chi connectivity index (χ4v) is 3.84. The Kier molecular flexibility index (Phi) is 6.53. The van der Waals surface area contributed by atoms with Crippen molar-refractivity contribution >= 4 is 34.2 Å². The van der Waals surface area contributed by atoms with Crippen molar-refractivity contribution in [1.29, 1.82) is 0 Å². The summed E-state index contributed by atoms with van der Waals surface area (Å²) in [5.41, 5.74) is 5.05. The number of carbonyl (C=O) groups is 2. The van der Waals surface area contributed by atoms with E-state index in [9.17, 15) is 9.59 Å². The number of hydrogen-bond donors (Lipinski definition) is 1. The Morgan fingerprint density at radius 2 is 1.76 bits per heavy atom. The molecule has 0 aliphatic rings. The minimum atomic E-state index is -0.344. The summed E-state index contributed by atoms with van der Waals surface area (Å²) in [4.78, 5) is 29.7. The SMILES string of the molecule is Cc1ccc(C(=O)NCC(=O)c2c(C)cccc2Cl)cc1C#Cc1cnc2ccccc2c1. The third-order valence-electron chi connectivity index (χ3n) is 5.34. The Hall–Kier alpha value is -3.94. The number of amides is 1. The molecule has 0 spiro atoms. The van der Waals surface area contributed by atoms with E-state index in [1.807, 2.05) is 56.3 Å². The molecule has 0 fully saturated rings. The van der Waals surface area contributed by atoms with Gasteiger partial charge in [-0.15, -0.1) is 0 Å². The second kappa shape index (κ2) is 9.68. The highest BCUT2D eigenvalue weighted by molar-refractivity contribution is 6.34. The van der Waals surface area contributed by atoms with E-state index in [0.29, 0.717) is 16.1 Å². The molecule has 0 aliphatic heterocycles. The lowest BCUT2D eigenvalue weighted by atomic mass is 10.0. The van der Waals surface area contributed by atoms with Crippen molar-refractivity contribution in [1.82, 2.24) is 10.3 Å². The van der Waals surface area contributed by atoms with E-state index in [1.54, 1.807) is 30.5 Å². The lowest BCUT2D eigenvalue weighted by molar-refractivity contribution is 0.0904. The average Bonchev–Trinajstić information content (AvgIpc) is 2.81. The Morgan fingerprint density at radius 3 is 2.58 bits per heavy atom. The van der Waals surface area contributed by atoms with Crippen molar-refractivity contribution in [2.45, 2.75) is 13.8 Å². The number of rotatable bonds is 4. The van der Waals surface area contributed by atoms with Crippen LogP contribution in [-0.4, -0.2) is 23.2 Å². The topological polar surface area (TPSA) is 59.1 Å². The molecule has 5 heteroatoms. The summed E-state index contributed by atoms with van der Waals surface area (Å²) in [6.45, 7) is 3.62. The van der Waals surface area contributed by atoms with Gasteiger partial charge in [0.2, 0.25) is 0 Å². The summed E-state index contributed by atoms with van der Waals surface area (Å²) in [7, 11) is 0. The first-order chi connectivity index (χ1) is 15.9. The molecule has 1 heterocycles. The molecule has 4 aromatic rings. The number of ketones is 1. The highest BCUT2D eigenvalue weighted by Crippen LogP contribution is 2.20. The van der Waals surface area contributed by atoms with Crippen LogP contribution >= 0.6 is 11.6 Å². The van der Waals surface area contributed by atoms with Gasteiger partial charge in [0.05, 0.1) is 17.1 Å². The number of aromatic nitrogens is 1. The van der Waals surface area contributed by atoms with Gasteiger partial charge in [0.1, 0.15) is 0 Å². The van der Waals surface area contributed by atoms with E-state index in [1.165, 1.54) is 0 Å². The van der Waals surface area contributed by atoms with Gasteiger partial charge in [0.15, 0.2) is 5.78 Å². The molecule has 33 heavy (non-hydrogen) atoms. The van der Waals surface area contributed by atoms with Crippen LogP contribution in [0.1, 0.15) is 43.0 Å². The average molecular weight is 453 g/mol. The van der Waals surface area contributed by atoms with Crippen LogP contribution in [0.25, 0.3) is 10.9 Å². The van der Waals surface area contributed by atoms with Crippen LogP contribution in [0.2, 0.25) is 5.02 Å². The Balaban J connectivity index is 1.50. The molecule has 0 aliphatic carbocycles. The summed E-state index contributed by atoms with van der Waals surface area (Å²) >= 11 is 6.16. The largest absolute Gasteiger partial charge is 0.345 e.